The second-order valence-electron chi connectivity index (χ2n) is 8.13. The molecule has 1 N–H and O–H groups in total. The van der Waals surface area contributed by atoms with Gasteiger partial charge in [-0.2, -0.15) is 4.98 Å². The molecule has 0 unspecified atom stereocenters. The van der Waals surface area contributed by atoms with E-state index in [0.717, 1.165) is 6.42 Å². The molecule has 1 amide bonds. The van der Waals surface area contributed by atoms with Crippen LogP contribution >= 0.6 is 0 Å². The van der Waals surface area contributed by atoms with E-state index in [-0.39, 0.29) is 17.6 Å². The minimum atomic E-state index is -0.692. The molecule has 2 aliphatic rings. The Bertz CT molecular complexity index is 732. The van der Waals surface area contributed by atoms with Crippen LogP contribution in [0.3, 0.4) is 0 Å². The maximum absolute atomic E-state index is 12.6. The molecule has 1 fully saturated rings. The minimum absolute atomic E-state index is 0.00740. The third-order valence-electron chi connectivity index (χ3n) is 6.54. The predicted octanol–water partition coefficient (Wildman–Crippen LogP) is 2.57. The zero-order chi connectivity index (χ0) is 18.4. The Morgan fingerprint density at radius 3 is 2.52 bits per heavy atom. The van der Waals surface area contributed by atoms with Gasteiger partial charge in [0.15, 0.2) is 5.69 Å². The molecule has 0 spiro atoms. The summed E-state index contributed by atoms with van der Waals surface area (Å²) in [5.74, 6) is 0.396. The van der Waals surface area contributed by atoms with Gasteiger partial charge in [0.2, 0.25) is 5.75 Å². The normalized spacial score (nSPS) is 22.5. The molecule has 6 heteroatoms. The van der Waals surface area contributed by atoms with Crippen LogP contribution in [0, 0.1) is 11.3 Å². The Balaban J connectivity index is 1.97. The standard InChI is InChI=1S/C19H29N3O3/c1-12(2)19(8-5-6-9-19)10-7-14-20-17(24)16(23)15-18(25)21(4)13(3)11-22(14)15/h12-13,23H,5-11H2,1-4H3/t13-/m0/s1. The highest BCUT2D eigenvalue weighted by Crippen LogP contribution is 2.47. The topological polar surface area (TPSA) is 75.4 Å². The average molecular weight is 347 g/mol. The zero-order valence-electron chi connectivity index (χ0n) is 15.7. The van der Waals surface area contributed by atoms with Crippen LogP contribution in [-0.4, -0.2) is 38.6 Å². The number of hydrogen-bond acceptors (Lipinski definition) is 4. The molecule has 1 aromatic rings. The van der Waals surface area contributed by atoms with Crippen molar-refractivity contribution in [3.63, 3.8) is 0 Å². The molecule has 1 atom stereocenters. The lowest BCUT2D eigenvalue weighted by molar-refractivity contribution is 0.0660. The van der Waals surface area contributed by atoms with Gasteiger partial charge in [-0.15, -0.1) is 0 Å². The number of rotatable bonds is 4. The number of fused-ring (bicyclic) bond motifs is 1. The molecule has 0 bridgehead atoms. The molecule has 0 aromatic carbocycles. The molecule has 138 valence electrons. The van der Waals surface area contributed by atoms with Crippen LogP contribution in [0.15, 0.2) is 4.79 Å². The number of hydrogen-bond donors (Lipinski definition) is 1. The van der Waals surface area contributed by atoms with Crippen molar-refractivity contribution in [3.8, 4) is 5.75 Å². The molecule has 3 rings (SSSR count). The van der Waals surface area contributed by atoms with Gasteiger partial charge < -0.3 is 14.6 Å². The first-order valence-electron chi connectivity index (χ1n) is 9.36. The van der Waals surface area contributed by atoms with Crippen LogP contribution < -0.4 is 5.56 Å². The van der Waals surface area contributed by atoms with Gasteiger partial charge in [0, 0.05) is 26.1 Å². The summed E-state index contributed by atoms with van der Waals surface area (Å²) in [6.45, 7) is 7.07. The molecule has 1 aromatic heterocycles. The van der Waals surface area contributed by atoms with Crippen LogP contribution in [-0.2, 0) is 13.0 Å². The van der Waals surface area contributed by atoms with Gasteiger partial charge in [0.1, 0.15) is 5.82 Å². The molecular weight excluding hydrogens is 318 g/mol. The van der Waals surface area contributed by atoms with E-state index in [0.29, 0.717) is 30.1 Å². The number of amides is 1. The highest BCUT2D eigenvalue weighted by atomic mass is 16.3. The van der Waals surface area contributed by atoms with Gasteiger partial charge >= 0.3 is 5.56 Å². The first-order chi connectivity index (χ1) is 11.8. The summed E-state index contributed by atoms with van der Waals surface area (Å²) < 4.78 is 1.77. The van der Waals surface area contributed by atoms with E-state index >= 15 is 0 Å². The van der Waals surface area contributed by atoms with E-state index in [1.165, 1.54) is 25.7 Å². The summed E-state index contributed by atoms with van der Waals surface area (Å²) in [5, 5.41) is 10.1. The van der Waals surface area contributed by atoms with Gasteiger partial charge in [-0.05, 0) is 37.5 Å². The Labute approximate surface area is 148 Å². The third-order valence-corrected chi connectivity index (χ3v) is 6.54. The highest BCUT2D eigenvalue weighted by molar-refractivity contribution is 5.95. The van der Waals surface area contributed by atoms with Gasteiger partial charge in [0.25, 0.3) is 5.91 Å². The number of carbonyl (C=O) groups excluding carboxylic acids is 1. The van der Waals surface area contributed by atoms with E-state index in [2.05, 4.69) is 18.8 Å². The molecule has 1 aliphatic carbocycles. The van der Waals surface area contributed by atoms with Gasteiger partial charge in [-0.1, -0.05) is 26.7 Å². The molecule has 25 heavy (non-hydrogen) atoms. The van der Waals surface area contributed by atoms with E-state index in [4.69, 9.17) is 0 Å². The van der Waals surface area contributed by atoms with Crippen molar-refractivity contribution in [2.45, 2.75) is 71.9 Å². The first kappa shape index (κ1) is 18.0. The maximum atomic E-state index is 12.6. The largest absolute Gasteiger partial charge is 0.501 e. The average Bonchev–Trinajstić information content (AvgIpc) is 3.05. The summed E-state index contributed by atoms with van der Waals surface area (Å²) in [5.41, 5.74) is -0.292. The van der Waals surface area contributed by atoms with E-state index in [1.807, 2.05) is 6.92 Å². The number of likely N-dealkylation sites (N-methyl/N-ethyl adjacent to an activating group) is 1. The van der Waals surface area contributed by atoms with Gasteiger partial charge in [-0.25, -0.2) is 0 Å². The number of aromatic hydroxyl groups is 1. The van der Waals surface area contributed by atoms with Crippen LogP contribution in [0.4, 0.5) is 0 Å². The molecule has 0 saturated heterocycles. The maximum Gasteiger partial charge on any atom is 0.315 e. The van der Waals surface area contributed by atoms with Crippen LogP contribution in [0.2, 0.25) is 0 Å². The fraction of sp³-hybridized carbons (Fsp3) is 0.737. The van der Waals surface area contributed by atoms with Crippen molar-refractivity contribution in [1.29, 1.82) is 0 Å². The monoisotopic (exact) mass is 347 g/mol. The van der Waals surface area contributed by atoms with Crippen molar-refractivity contribution >= 4 is 5.91 Å². The van der Waals surface area contributed by atoms with Crippen LogP contribution in [0.1, 0.15) is 69.2 Å². The van der Waals surface area contributed by atoms with Gasteiger partial charge in [-0.3, -0.25) is 9.59 Å². The summed E-state index contributed by atoms with van der Waals surface area (Å²) in [7, 11) is 1.70. The minimum Gasteiger partial charge on any atom is -0.501 e. The fourth-order valence-corrected chi connectivity index (χ4v) is 4.50. The molecule has 1 saturated carbocycles. The fourth-order valence-electron chi connectivity index (χ4n) is 4.50. The second-order valence-corrected chi connectivity index (χ2v) is 8.13. The third kappa shape index (κ3) is 2.96. The summed E-state index contributed by atoms with van der Waals surface area (Å²) in [6, 6.07) is 0.00740. The summed E-state index contributed by atoms with van der Waals surface area (Å²) >= 11 is 0. The first-order valence-corrected chi connectivity index (χ1v) is 9.36. The number of aryl methyl sites for hydroxylation is 1. The number of carbonyl (C=O) groups is 1. The predicted molar refractivity (Wildman–Crippen MR) is 95.8 cm³/mol. The second kappa shape index (κ2) is 6.46. The molecule has 6 nitrogen and oxygen atoms in total. The van der Waals surface area contributed by atoms with E-state index in [1.54, 1.807) is 16.5 Å². The lowest BCUT2D eigenvalue weighted by atomic mass is 9.72. The quantitative estimate of drug-likeness (QED) is 0.908. The van der Waals surface area contributed by atoms with Crippen molar-refractivity contribution in [2.75, 3.05) is 7.05 Å². The molecule has 2 heterocycles. The molecular formula is C19H29N3O3. The Morgan fingerprint density at radius 2 is 1.92 bits per heavy atom. The smallest absolute Gasteiger partial charge is 0.315 e. The van der Waals surface area contributed by atoms with Gasteiger partial charge in [0.05, 0.1) is 0 Å². The zero-order valence-corrected chi connectivity index (χ0v) is 15.7. The Morgan fingerprint density at radius 1 is 1.28 bits per heavy atom. The van der Waals surface area contributed by atoms with Crippen molar-refractivity contribution in [3.05, 3.63) is 21.9 Å². The summed E-state index contributed by atoms with van der Waals surface area (Å²) in [4.78, 5) is 30.4. The summed E-state index contributed by atoms with van der Waals surface area (Å²) in [6.07, 6.45) is 6.61. The van der Waals surface area contributed by atoms with E-state index < -0.39 is 11.3 Å². The van der Waals surface area contributed by atoms with Crippen molar-refractivity contribution in [2.24, 2.45) is 11.3 Å². The highest BCUT2D eigenvalue weighted by Gasteiger charge is 2.38. The van der Waals surface area contributed by atoms with Crippen molar-refractivity contribution < 1.29 is 9.90 Å². The van der Waals surface area contributed by atoms with E-state index in [9.17, 15) is 14.7 Å². The molecule has 0 radical (unpaired) electrons. The SMILES string of the molecule is CC(C)C1(CCc2nc(=O)c(O)c3n2C[C@H](C)N(C)C3=O)CCCC1. The lowest BCUT2D eigenvalue weighted by Crippen LogP contribution is -2.46. The molecule has 1 aliphatic heterocycles. The van der Waals surface area contributed by atoms with Crippen molar-refractivity contribution in [1.82, 2.24) is 14.5 Å². The Hall–Kier alpha value is -1.85. The Kier molecular flexibility index (Phi) is 4.64. The van der Waals surface area contributed by atoms with Crippen LogP contribution in [0.25, 0.3) is 0 Å². The lowest BCUT2D eigenvalue weighted by Gasteiger charge is -2.36. The number of nitrogens with zero attached hydrogens (tertiary/aromatic N) is 3. The number of aromatic nitrogens is 2. The van der Waals surface area contributed by atoms with Crippen LogP contribution in [0.5, 0.6) is 5.75 Å².